The quantitative estimate of drug-likeness (QED) is 0.784. The lowest BCUT2D eigenvalue weighted by Crippen LogP contribution is -2.33. The van der Waals surface area contributed by atoms with Crippen molar-refractivity contribution in [3.8, 4) is 0 Å². The smallest absolute Gasteiger partial charge is 0.315 e. The SMILES string of the molecule is CC(C(=O)O)C(=O)NCc1cccc(Cn2cccn2)c1. The Hall–Kier alpha value is -2.63. The zero-order chi connectivity index (χ0) is 15.2. The Morgan fingerprint density at radius 2 is 2.10 bits per heavy atom. The molecule has 0 spiro atoms. The van der Waals surface area contributed by atoms with E-state index < -0.39 is 17.8 Å². The van der Waals surface area contributed by atoms with Crippen LogP contribution in [0.2, 0.25) is 0 Å². The predicted molar refractivity (Wildman–Crippen MR) is 76.4 cm³/mol. The van der Waals surface area contributed by atoms with Crippen molar-refractivity contribution in [2.24, 2.45) is 5.92 Å². The van der Waals surface area contributed by atoms with Crippen LogP contribution in [0.25, 0.3) is 0 Å². The zero-order valence-electron chi connectivity index (χ0n) is 11.7. The molecule has 0 bridgehead atoms. The molecule has 0 aliphatic carbocycles. The third-order valence-electron chi connectivity index (χ3n) is 3.13. The van der Waals surface area contributed by atoms with Crippen LogP contribution in [0.4, 0.5) is 0 Å². The summed E-state index contributed by atoms with van der Waals surface area (Å²) in [6, 6.07) is 9.59. The number of amides is 1. The first kappa shape index (κ1) is 14.8. The van der Waals surface area contributed by atoms with Crippen LogP contribution < -0.4 is 5.32 Å². The number of carboxylic acids is 1. The molecule has 0 saturated carbocycles. The summed E-state index contributed by atoms with van der Waals surface area (Å²) in [5.41, 5.74) is 1.99. The summed E-state index contributed by atoms with van der Waals surface area (Å²) in [5, 5.41) is 15.5. The number of hydrogen-bond donors (Lipinski definition) is 2. The molecule has 6 nitrogen and oxygen atoms in total. The van der Waals surface area contributed by atoms with Gasteiger partial charge in [0.2, 0.25) is 5.91 Å². The van der Waals surface area contributed by atoms with Crippen molar-refractivity contribution in [2.45, 2.75) is 20.0 Å². The van der Waals surface area contributed by atoms with Gasteiger partial charge < -0.3 is 10.4 Å². The van der Waals surface area contributed by atoms with E-state index in [1.807, 2.05) is 41.2 Å². The van der Waals surface area contributed by atoms with Gasteiger partial charge in [0.25, 0.3) is 0 Å². The first-order valence-corrected chi connectivity index (χ1v) is 6.62. The number of carboxylic acid groups (broad SMARTS) is 1. The number of aromatic nitrogens is 2. The second-order valence-electron chi connectivity index (χ2n) is 4.80. The van der Waals surface area contributed by atoms with Crippen LogP contribution in [0.1, 0.15) is 18.1 Å². The summed E-state index contributed by atoms with van der Waals surface area (Å²) in [7, 11) is 0. The normalized spacial score (nSPS) is 11.9. The number of nitrogens with zero attached hydrogens (tertiary/aromatic N) is 2. The van der Waals surface area contributed by atoms with Gasteiger partial charge in [-0.2, -0.15) is 5.10 Å². The standard InChI is InChI=1S/C15H17N3O3/c1-11(15(20)21)14(19)16-9-12-4-2-5-13(8-12)10-18-7-3-6-17-18/h2-8,11H,9-10H2,1H3,(H,16,19)(H,20,21). The van der Waals surface area contributed by atoms with Gasteiger partial charge in [-0.05, 0) is 24.1 Å². The van der Waals surface area contributed by atoms with Gasteiger partial charge in [-0.25, -0.2) is 0 Å². The number of aliphatic carboxylic acids is 1. The Balaban J connectivity index is 1.95. The predicted octanol–water partition coefficient (Wildman–Crippen LogP) is 1.27. The zero-order valence-corrected chi connectivity index (χ0v) is 11.7. The highest BCUT2D eigenvalue weighted by Gasteiger charge is 2.19. The van der Waals surface area contributed by atoms with Crippen molar-refractivity contribution in [3.63, 3.8) is 0 Å². The third kappa shape index (κ3) is 4.17. The maximum Gasteiger partial charge on any atom is 0.315 e. The van der Waals surface area contributed by atoms with E-state index in [0.717, 1.165) is 11.1 Å². The molecule has 21 heavy (non-hydrogen) atoms. The van der Waals surface area contributed by atoms with Gasteiger partial charge in [-0.3, -0.25) is 14.3 Å². The molecule has 1 heterocycles. The lowest BCUT2D eigenvalue weighted by Gasteiger charge is -2.09. The molecular weight excluding hydrogens is 270 g/mol. The average Bonchev–Trinajstić information content (AvgIpc) is 2.97. The van der Waals surface area contributed by atoms with Crippen molar-refractivity contribution >= 4 is 11.9 Å². The number of hydrogen-bond acceptors (Lipinski definition) is 3. The maximum atomic E-state index is 11.6. The fourth-order valence-electron chi connectivity index (χ4n) is 1.87. The number of rotatable bonds is 6. The van der Waals surface area contributed by atoms with Crippen LogP contribution in [-0.4, -0.2) is 26.8 Å². The van der Waals surface area contributed by atoms with E-state index in [2.05, 4.69) is 10.4 Å². The second-order valence-corrected chi connectivity index (χ2v) is 4.80. The fourth-order valence-corrected chi connectivity index (χ4v) is 1.87. The van der Waals surface area contributed by atoms with Gasteiger partial charge in [0.1, 0.15) is 5.92 Å². The van der Waals surface area contributed by atoms with Crippen molar-refractivity contribution in [3.05, 3.63) is 53.9 Å². The summed E-state index contributed by atoms with van der Waals surface area (Å²) in [6.45, 7) is 2.33. The average molecular weight is 287 g/mol. The van der Waals surface area contributed by atoms with Crippen LogP contribution in [0, 0.1) is 5.92 Å². The molecule has 2 N–H and O–H groups in total. The highest BCUT2D eigenvalue weighted by atomic mass is 16.4. The molecule has 0 aliphatic rings. The van der Waals surface area contributed by atoms with Gasteiger partial charge >= 0.3 is 5.97 Å². The summed E-state index contributed by atoms with van der Waals surface area (Å²) in [6.07, 6.45) is 3.60. The van der Waals surface area contributed by atoms with E-state index in [4.69, 9.17) is 5.11 Å². The van der Waals surface area contributed by atoms with E-state index in [1.54, 1.807) is 6.20 Å². The number of carbonyl (C=O) groups is 2. The minimum absolute atomic E-state index is 0.309. The molecule has 0 radical (unpaired) electrons. The summed E-state index contributed by atoms with van der Waals surface area (Å²) in [5.74, 6) is -2.66. The Kier molecular flexibility index (Phi) is 4.71. The Labute approximate surface area is 122 Å². The summed E-state index contributed by atoms with van der Waals surface area (Å²) in [4.78, 5) is 22.3. The Bertz CT molecular complexity index is 623. The number of benzene rings is 1. The van der Waals surface area contributed by atoms with E-state index in [-0.39, 0.29) is 0 Å². The minimum atomic E-state index is -1.13. The Morgan fingerprint density at radius 1 is 1.33 bits per heavy atom. The molecule has 6 heteroatoms. The third-order valence-corrected chi connectivity index (χ3v) is 3.13. The molecule has 1 aromatic carbocycles. The van der Waals surface area contributed by atoms with Crippen molar-refractivity contribution in [2.75, 3.05) is 0 Å². The van der Waals surface area contributed by atoms with E-state index in [1.165, 1.54) is 6.92 Å². The number of carbonyl (C=O) groups excluding carboxylic acids is 1. The summed E-state index contributed by atoms with van der Waals surface area (Å²) >= 11 is 0. The van der Waals surface area contributed by atoms with Crippen LogP contribution >= 0.6 is 0 Å². The van der Waals surface area contributed by atoms with Gasteiger partial charge in [-0.1, -0.05) is 24.3 Å². The monoisotopic (exact) mass is 287 g/mol. The van der Waals surface area contributed by atoms with Crippen molar-refractivity contribution in [1.82, 2.24) is 15.1 Å². The van der Waals surface area contributed by atoms with Crippen LogP contribution in [0.5, 0.6) is 0 Å². The lowest BCUT2D eigenvalue weighted by molar-refractivity contribution is -0.146. The van der Waals surface area contributed by atoms with Crippen molar-refractivity contribution in [1.29, 1.82) is 0 Å². The van der Waals surface area contributed by atoms with E-state index >= 15 is 0 Å². The molecular formula is C15H17N3O3. The van der Waals surface area contributed by atoms with Gasteiger partial charge in [-0.15, -0.1) is 0 Å². The largest absolute Gasteiger partial charge is 0.481 e. The van der Waals surface area contributed by atoms with Gasteiger partial charge in [0, 0.05) is 18.9 Å². The molecule has 1 aromatic heterocycles. The summed E-state index contributed by atoms with van der Waals surface area (Å²) < 4.78 is 1.81. The van der Waals surface area contributed by atoms with E-state index in [0.29, 0.717) is 13.1 Å². The molecule has 1 amide bonds. The van der Waals surface area contributed by atoms with Crippen LogP contribution in [0.15, 0.2) is 42.7 Å². The highest BCUT2D eigenvalue weighted by Crippen LogP contribution is 2.07. The molecule has 1 unspecified atom stereocenters. The first-order chi connectivity index (χ1) is 10.1. The van der Waals surface area contributed by atoms with E-state index in [9.17, 15) is 9.59 Å². The van der Waals surface area contributed by atoms with Crippen molar-refractivity contribution < 1.29 is 14.7 Å². The molecule has 110 valence electrons. The lowest BCUT2D eigenvalue weighted by atomic mass is 10.1. The molecule has 2 rings (SSSR count). The Morgan fingerprint density at radius 3 is 2.76 bits per heavy atom. The fraction of sp³-hybridized carbons (Fsp3) is 0.267. The molecule has 0 saturated heterocycles. The van der Waals surface area contributed by atoms with Gasteiger partial charge in [0.05, 0.1) is 6.54 Å². The second kappa shape index (κ2) is 6.69. The molecule has 0 aliphatic heterocycles. The minimum Gasteiger partial charge on any atom is -0.481 e. The highest BCUT2D eigenvalue weighted by molar-refractivity contribution is 5.96. The van der Waals surface area contributed by atoms with Crippen LogP contribution in [0.3, 0.4) is 0 Å². The maximum absolute atomic E-state index is 11.6. The topological polar surface area (TPSA) is 84.2 Å². The molecule has 0 fully saturated rings. The first-order valence-electron chi connectivity index (χ1n) is 6.62. The number of nitrogens with one attached hydrogen (secondary N) is 1. The van der Waals surface area contributed by atoms with Gasteiger partial charge in [0.15, 0.2) is 0 Å². The van der Waals surface area contributed by atoms with Crippen LogP contribution in [-0.2, 0) is 22.7 Å². The molecule has 2 aromatic rings. The molecule has 1 atom stereocenters.